The molecular weight excluding hydrogens is 178 g/mol. The minimum atomic E-state index is -0.758. The molecule has 0 saturated carbocycles. The van der Waals surface area contributed by atoms with Gasteiger partial charge in [0.05, 0.1) is 5.41 Å². The second kappa shape index (κ2) is 4.78. The third-order valence-electron chi connectivity index (χ3n) is 2.87. The summed E-state index contributed by atoms with van der Waals surface area (Å²) in [5.74, 6) is -0.758. The Morgan fingerprint density at radius 1 is 1.29 bits per heavy atom. The van der Waals surface area contributed by atoms with Crippen molar-refractivity contribution in [2.24, 2.45) is 16.6 Å². The van der Waals surface area contributed by atoms with Crippen LogP contribution in [0.4, 0.5) is 0 Å². The second-order valence-electron chi connectivity index (χ2n) is 5.20. The van der Waals surface area contributed by atoms with Crippen molar-refractivity contribution in [2.45, 2.75) is 47.0 Å². The summed E-state index contributed by atoms with van der Waals surface area (Å²) in [6.07, 6.45) is 2.16. The van der Waals surface area contributed by atoms with E-state index in [4.69, 9.17) is 10.8 Å². The first-order valence-corrected chi connectivity index (χ1v) is 5.21. The highest BCUT2D eigenvalue weighted by atomic mass is 16.4. The number of carbonyl (C=O) groups is 1. The standard InChI is InChI=1S/C11H23NO2/c1-5-11(8-12,9(13)14)7-6-10(2,3)4/h5-8,12H2,1-4H3,(H,13,14). The van der Waals surface area contributed by atoms with Crippen molar-refractivity contribution in [2.75, 3.05) is 6.54 Å². The van der Waals surface area contributed by atoms with Crippen LogP contribution in [-0.2, 0) is 4.79 Å². The van der Waals surface area contributed by atoms with Crippen LogP contribution < -0.4 is 5.73 Å². The zero-order valence-electron chi connectivity index (χ0n) is 9.76. The Balaban J connectivity index is 4.45. The first kappa shape index (κ1) is 13.4. The van der Waals surface area contributed by atoms with Gasteiger partial charge in [-0.1, -0.05) is 27.7 Å². The fourth-order valence-electron chi connectivity index (χ4n) is 1.38. The van der Waals surface area contributed by atoms with Crippen molar-refractivity contribution in [3.63, 3.8) is 0 Å². The minimum Gasteiger partial charge on any atom is -0.481 e. The Hall–Kier alpha value is -0.570. The summed E-state index contributed by atoms with van der Waals surface area (Å²) in [6, 6.07) is 0. The van der Waals surface area contributed by atoms with Crippen LogP contribution in [0.5, 0.6) is 0 Å². The van der Waals surface area contributed by atoms with E-state index < -0.39 is 11.4 Å². The highest BCUT2D eigenvalue weighted by Gasteiger charge is 2.35. The third kappa shape index (κ3) is 3.66. The summed E-state index contributed by atoms with van der Waals surface area (Å²) in [4.78, 5) is 11.1. The third-order valence-corrected chi connectivity index (χ3v) is 2.87. The predicted octanol–water partition coefficient (Wildman–Crippen LogP) is 2.25. The molecule has 0 aliphatic rings. The zero-order chi connectivity index (χ0) is 11.4. The molecule has 1 unspecified atom stereocenters. The van der Waals surface area contributed by atoms with Crippen molar-refractivity contribution in [1.82, 2.24) is 0 Å². The number of carboxylic acids is 1. The summed E-state index contributed by atoms with van der Waals surface area (Å²) >= 11 is 0. The van der Waals surface area contributed by atoms with E-state index in [0.717, 1.165) is 6.42 Å². The van der Waals surface area contributed by atoms with E-state index in [1.54, 1.807) is 0 Å². The number of aliphatic carboxylic acids is 1. The van der Waals surface area contributed by atoms with Crippen LogP contribution in [0.2, 0.25) is 0 Å². The number of hydrogen-bond acceptors (Lipinski definition) is 2. The maximum Gasteiger partial charge on any atom is 0.310 e. The molecule has 0 radical (unpaired) electrons. The van der Waals surface area contributed by atoms with Gasteiger partial charge >= 0.3 is 5.97 Å². The molecule has 0 saturated heterocycles. The van der Waals surface area contributed by atoms with Crippen LogP contribution in [0.3, 0.4) is 0 Å². The minimum absolute atomic E-state index is 0.172. The predicted molar refractivity (Wildman–Crippen MR) is 58.1 cm³/mol. The maximum atomic E-state index is 11.1. The lowest BCUT2D eigenvalue weighted by Gasteiger charge is -2.30. The zero-order valence-corrected chi connectivity index (χ0v) is 9.76. The van der Waals surface area contributed by atoms with Crippen molar-refractivity contribution in [3.8, 4) is 0 Å². The van der Waals surface area contributed by atoms with Crippen molar-refractivity contribution in [1.29, 1.82) is 0 Å². The molecule has 0 bridgehead atoms. The van der Waals surface area contributed by atoms with Gasteiger partial charge in [-0.15, -0.1) is 0 Å². The summed E-state index contributed by atoms with van der Waals surface area (Å²) in [5.41, 5.74) is 5.02. The number of rotatable bonds is 5. The molecule has 1 atom stereocenters. The van der Waals surface area contributed by atoms with Gasteiger partial charge < -0.3 is 10.8 Å². The van der Waals surface area contributed by atoms with Crippen molar-refractivity contribution in [3.05, 3.63) is 0 Å². The van der Waals surface area contributed by atoms with Gasteiger partial charge in [0.15, 0.2) is 0 Å². The lowest BCUT2D eigenvalue weighted by atomic mass is 9.76. The van der Waals surface area contributed by atoms with Crippen LogP contribution in [0, 0.1) is 10.8 Å². The second-order valence-corrected chi connectivity index (χ2v) is 5.20. The van der Waals surface area contributed by atoms with E-state index in [9.17, 15) is 4.79 Å². The number of carboxylic acid groups (broad SMARTS) is 1. The molecular formula is C11H23NO2. The van der Waals surface area contributed by atoms with E-state index in [1.165, 1.54) is 0 Å². The van der Waals surface area contributed by atoms with Crippen LogP contribution in [-0.4, -0.2) is 17.6 Å². The van der Waals surface area contributed by atoms with Crippen molar-refractivity contribution < 1.29 is 9.90 Å². The van der Waals surface area contributed by atoms with Gasteiger partial charge in [0, 0.05) is 6.54 Å². The Morgan fingerprint density at radius 2 is 1.79 bits per heavy atom. The van der Waals surface area contributed by atoms with E-state index >= 15 is 0 Å². The topological polar surface area (TPSA) is 63.3 Å². The fraction of sp³-hybridized carbons (Fsp3) is 0.909. The van der Waals surface area contributed by atoms with Crippen LogP contribution in [0.1, 0.15) is 47.0 Å². The van der Waals surface area contributed by atoms with E-state index in [0.29, 0.717) is 12.8 Å². The van der Waals surface area contributed by atoms with Crippen LogP contribution >= 0.6 is 0 Å². The van der Waals surface area contributed by atoms with Crippen LogP contribution in [0.15, 0.2) is 0 Å². The Morgan fingerprint density at radius 3 is 2.00 bits per heavy atom. The summed E-state index contributed by atoms with van der Waals surface area (Å²) in [5, 5.41) is 9.14. The maximum absolute atomic E-state index is 11.1. The van der Waals surface area contributed by atoms with Gasteiger partial charge in [-0.25, -0.2) is 0 Å². The largest absolute Gasteiger partial charge is 0.481 e. The molecule has 0 rings (SSSR count). The first-order chi connectivity index (χ1) is 6.27. The molecule has 3 heteroatoms. The lowest BCUT2D eigenvalue weighted by Crippen LogP contribution is -2.38. The van der Waals surface area contributed by atoms with Gasteiger partial charge in [0.2, 0.25) is 0 Å². The van der Waals surface area contributed by atoms with Gasteiger partial charge in [0.1, 0.15) is 0 Å². The molecule has 0 heterocycles. The molecule has 0 aliphatic heterocycles. The molecule has 3 N–H and O–H groups in total. The summed E-state index contributed by atoms with van der Waals surface area (Å²) < 4.78 is 0. The SMILES string of the molecule is CCC(CN)(CCC(C)(C)C)C(=O)O. The van der Waals surface area contributed by atoms with Crippen LogP contribution in [0.25, 0.3) is 0 Å². The highest BCUT2D eigenvalue weighted by molar-refractivity contribution is 5.74. The fourth-order valence-corrected chi connectivity index (χ4v) is 1.38. The van der Waals surface area contributed by atoms with Gasteiger partial charge in [-0.2, -0.15) is 0 Å². The Bertz CT molecular complexity index is 190. The number of nitrogens with two attached hydrogens (primary N) is 1. The quantitative estimate of drug-likeness (QED) is 0.717. The molecule has 3 nitrogen and oxygen atoms in total. The van der Waals surface area contributed by atoms with E-state index in [2.05, 4.69) is 20.8 Å². The molecule has 84 valence electrons. The average Bonchev–Trinajstić information content (AvgIpc) is 2.04. The lowest BCUT2D eigenvalue weighted by molar-refractivity contribution is -0.149. The van der Waals surface area contributed by atoms with E-state index in [1.807, 2.05) is 6.92 Å². The molecule has 14 heavy (non-hydrogen) atoms. The Labute approximate surface area is 86.7 Å². The molecule has 0 aromatic carbocycles. The molecule has 0 aromatic heterocycles. The summed E-state index contributed by atoms with van der Waals surface area (Å²) in [6.45, 7) is 8.47. The Kier molecular flexibility index (Phi) is 4.59. The van der Waals surface area contributed by atoms with Gasteiger partial charge in [0.25, 0.3) is 0 Å². The molecule has 0 fully saturated rings. The first-order valence-electron chi connectivity index (χ1n) is 5.21. The molecule has 0 aromatic rings. The normalized spacial score (nSPS) is 16.4. The molecule has 0 spiro atoms. The smallest absolute Gasteiger partial charge is 0.310 e. The van der Waals surface area contributed by atoms with Crippen molar-refractivity contribution >= 4 is 5.97 Å². The van der Waals surface area contributed by atoms with Gasteiger partial charge in [-0.05, 0) is 24.7 Å². The molecule has 0 amide bonds. The highest BCUT2D eigenvalue weighted by Crippen LogP contribution is 2.33. The molecule has 0 aliphatic carbocycles. The van der Waals surface area contributed by atoms with Gasteiger partial charge in [-0.3, -0.25) is 4.79 Å². The van der Waals surface area contributed by atoms with E-state index in [-0.39, 0.29) is 12.0 Å². The monoisotopic (exact) mass is 201 g/mol. The summed E-state index contributed by atoms with van der Waals surface area (Å²) in [7, 11) is 0. The number of hydrogen-bond donors (Lipinski definition) is 2. The average molecular weight is 201 g/mol.